The lowest BCUT2D eigenvalue weighted by molar-refractivity contribution is -0.385. The van der Waals surface area contributed by atoms with Gasteiger partial charge in [-0.25, -0.2) is 4.98 Å². The first-order chi connectivity index (χ1) is 9.11. The third kappa shape index (κ3) is 2.99. The molecule has 19 heavy (non-hydrogen) atoms. The van der Waals surface area contributed by atoms with Crippen molar-refractivity contribution in [1.82, 2.24) is 4.98 Å². The summed E-state index contributed by atoms with van der Waals surface area (Å²) in [5.74, 6) is 1.09. The highest BCUT2D eigenvalue weighted by molar-refractivity contribution is 5.50. The lowest BCUT2D eigenvalue weighted by Gasteiger charge is -2.29. The number of nitriles is 1. The second kappa shape index (κ2) is 5.65. The van der Waals surface area contributed by atoms with E-state index >= 15 is 0 Å². The van der Waals surface area contributed by atoms with Crippen LogP contribution in [0.4, 0.5) is 11.5 Å². The highest BCUT2D eigenvalue weighted by Crippen LogP contribution is 2.27. The van der Waals surface area contributed by atoms with Crippen LogP contribution in [-0.2, 0) is 0 Å². The van der Waals surface area contributed by atoms with Crippen molar-refractivity contribution >= 4 is 11.5 Å². The number of hydrogen-bond donors (Lipinski definition) is 1. The molecule has 0 amide bonds. The number of nitrogens with one attached hydrogen (secondary N) is 1. The van der Waals surface area contributed by atoms with Crippen LogP contribution in [-0.4, -0.2) is 15.9 Å². The maximum atomic E-state index is 10.7. The molecule has 0 saturated heterocycles. The third-order valence-electron chi connectivity index (χ3n) is 3.62. The summed E-state index contributed by atoms with van der Waals surface area (Å²) in [7, 11) is 0. The van der Waals surface area contributed by atoms with Crippen molar-refractivity contribution in [3.63, 3.8) is 0 Å². The molecule has 1 N–H and O–H groups in total. The fourth-order valence-electron chi connectivity index (χ4n) is 2.48. The summed E-state index contributed by atoms with van der Waals surface area (Å²) < 4.78 is 0. The first-order valence-electron chi connectivity index (χ1n) is 6.44. The number of rotatable bonds is 3. The van der Waals surface area contributed by atoms with Crippen LogP contribution in [0.1, 0.15) is 38.3 Å². The average Bonchev–Trinajstić information content (AvgIpc) is 2.41. The predicted octanol–water partition coefficient (Wildman–Crippen LogP) is 2.85. The summed E-state index contributed by atoms with van der Waals surface area (Å²) in [6, 6.07) is 5.01. The molecule has 2 rings (SSSR count). The summed E-state index contributed by atoms with van der Waals surface area (Å²) in [6.45, 7) is 2.19. The van der Waals surface area contributed by atoms with E-state index in [1.807, 2.05) is 0 Å². The van der Waals surface area contributed by atoms with Crippen molar-refractivity contribution in [2.45, 2.75) is 38.6 Å². The molecule has 1 aliphatic rings. The number of aromatic nitrogens is 1. The van der Waals surface area contributed by atoms with Gasteiger partial charge in [0, 0.05) is 12.1 Å². The Kier molecular flexibility index (Phi) is 3.95. The van der Waals surface area contributed by atoms with Crippen LogP contribution in [0.15, 0.2) is 12.1 Å². The molecule has 0 bridgehead atoms. The normalized spacial score (nSPS) is 22.5. The van der Waals surface area contributed by atoms with Gasteiger partial charge < -0.3 is 5.32 Å². The molecular weight excluding hydrogens is 244 g/mol. The van der Waals surface area contributed by atoms with Gasteiger partial charge in [0.05, 0.1) is 4.92 Å². The van der Waals surface area contributed by atoms with Crippen LogP contribution in [0.5, 0.6) is 0 Å². The van der Waals surface area contributed by atoms with E-state index in [9.17, 15) is 10.1 Å². The number of pyridine rings is 1. The van der Waals surface area contributed by atoms with Gasteiger partial charge in [0.15, 0.2) is 0 Å². The summed E-state index contributed by atoms with van der Waals surface area (Å²) in [4.78, 5) is 14.2. The molecule has 0 spiro atoms. The Morgan fingerprint density at radius 1 is 1.47 bits per heavy atom. The maximum Gasteiger partial charge on any atom is 0.305 e. The summed E-state index contributed by atoms with van der Waals surface area (Å²) in [5.41, 5.74) is -0.386. The zero-order chi connectivity index (χ0) is 13.8. The van der Waals surface area contributed by atoms with E-state index in [4.69, 9.17) is 5.26 Å². The van der Waals surface area contributed by atoms with Crippen molar-refractivity contribution in [2.24, 2.45) is 5.92 Å². The fourth-order valence-corrected chi connectivity index (χ4v) is 2.48. The van der Waals surface area contributed by atoms with E-state index in [1.165, 1.54) is 25.3 Å². The van der Waals surface area contributed by atoms with E-state index < -0.39 is 4.92 Å². The van der Waals surface area contributed by atoms with Crippen molar-refractivity contribution in [2.75, 3.05) is 5.32 Å². The molecular formula is C13H16N4O2. The van der Waals surface area contributed by atoms with Crippen LogP contribution in [0, 0.1) is 27.4 Å². The molecule has 0 aromatic carbocycles. The van der Waals surface area contributed by atoms with E-state index in [0.29, 0.717) is 17.8 Å². The van der Waals surface area contributed by atoms with Crippen molar-refractivity contribution in [1.29, 1.82) is 5.26 Å². The van der Waals surface area contributed by atoms with Gasteiger partial charge in [0.2, 0.25) is 5.69 Å². The molecule has 2 atom stereocenters. The van der Waals surface area contributed by atoms with Gasteiger partial charge in [0.25, 0.3) is 0 Å². The summed E-state index contributed by atoms with van der Waals surface area (Å²) >= 11 is 0. The SMILES string of the molecule is CC1CCCCC1Nc1ccc([N+](=O)[O-])c(C#N)n1. The molecule has 6 nitrogen and oxygen atoms in total. The molecule has 0 aliphatic heterocycles. The number of hydrogen-bond acceptors (Lipinski definition) is 5. The number of anilines is 1. The highest BCUT2D eigenvalue weighted by atomic mass is 16.6. The Morgan fingerprint density at radius 3 is 2.84 bits per heavy atom. The smallest absolute Gasteiger partial charge is 0.305 e. The van der Waals surface area contributed by atoms with Crippen molar-refractivity contribution in [3.05, 3.63) is 27.9 Å². The lowest BCUT2D eigenvalue weighted by Crippen LogP contribution is -2.30. The second-order valence-corrected chi connectivity index (χ2v) is 4.95. The lowest BCUT2D eigenvalue weighted by atomic mass is 9.86. The average molecular weight is 260 g/mol. The topological polar surface area (TPSA) is 91.9 Å². The minimum atomic E-state index is -0.585. The van der Waals surface area contributed by atoms with Crippen molar-refractivity contribution < 1.29 is 4.92 Å². The summed E-state index contributed by atoms with van der Waals surface area (Å²) in [5, 5.41) is 22.9. The first-order valence-corrected chi connectivity index (χ1v) is 6.44. The summed E-state index contributed by atoms with van der Waals surface area (Å²) in [6.07, 6.45) is 4.67. The third-order valence-corrected chi connectivity index (χ3v) is 3.62. The molecule has 1 aromatic rings. The molecule has 1 aliphatic carbocycles. The van der Waals surface area contributed by atoms with E-state index in [1.54, 1.807) is 12.1 Å². The van der Waals surface area contributed by atoms with Gasteiger partial charge >= 0.3 is 5.69 Å². The molecule has 2 unspecified atom stereocenters. The zero-order valence-electron chi connectivity index (χ0n) is 10.8. The second-order valence-electron chi connectivity index (χ2n) is 4.95. The van der Waals surface area contributed by atoms with E-state index in [2.05, 4.69) is 17.2 Å². The molecule has 1 fully saturated rings. The van der Waals surface area contributed by atoms with Crippen LogP contribution in [0.25, 0.3) is 0 Å². The Labute approximate surface area is 111 Å². The molecule has 1 saturated carbocycles. The van der Waals surface area contributed by atoms with Gasteiger partial charge in [-0.2, -0.15) is 5.26 Å². The fraction of sp³-hybridized carbons (Fsp3) is 0.538. The predicted molar refractivity (Wildman–Crippen MR) is 70.6 cm³/mol. The van der Waals surface area contributed by atoms with Gasteiger partial charge in [-0.1, -0.05) is 19.8 Å². The standard InChI is InChI=1S/C13H16N4O2/c1-9-4-2-3-5-10(9)15-13-7-6-12(17(18)19)11(8-14)16-13/h6-7,9-10H,2-5H2,1H3,(H,15,16). The van der Waals surface area contributed by atoms with Crippen molar-refractivity contribution in [3.8, 4) is 6.07 Å². The van der Waals surface area contributed by atoms with Crippen LogP contribution >= 0.6 is 0 Å². The Bertz CT molecular complexity index is 524. The zero-order valence-corrected chi connectivity index (χ0v) is 10.8. The van der Waals surface area contributed by atoms with Gasteiger partial charge in [0.1, 0.15) is 11.9 Å². The monoisotopic (exact) mass is 260 g/mol. The quantitative estimate of drug-likeness (QED) is 0.666. The molecule has 0 radical (unpaired) electrons. The minimum absolute atomic E-state index is 0.140. The largest absolute Gasteiger partial charge is 0.367 e. The van der Waals surface area contributed by atoms with Crippen LogP contribution < -0.4 is 5.32 Å². The van der Waals surface area contributed by atoms with Crippen LogP contribution in [0.2, 0.25) is 0 Å². The number of nitro groups is 1. The van der Waals surface area contributed by atoms with E-state index in [0.717, 1.165) is 6.42 Å². The molecule has 100 valence electrons. The molecule has 6 heteroatoms. The molecule has 1 aromatic heterocycles. The number of nitrogens with zero attached hydrogens (tertiary/aromatic N) is 3. The van der Waals surface area contributed by atoms with Gasteiger partial charge in [-0.15, -0.1) is 0 Å². The minimum Gasteiger partial charge on any atom is -0.367 e. The van der Waals surface area contributed by atoms with Gasteiger partial charge in [-0.3, -0.25) is 10.1 Å². The maximum absolute atomic E-state index is 10.7. The van der Waals surface area contributed by atoms with Crippen LogP contribution in [0.3, 0.4) is 0 Å². The van der Waals surface area contributed by atoms with Gasteiger partial charge in [-0.05, 0) is 24.8 Å². The Morgan fingerprint density at radius 2 is 2.21 bits per heavy atom. The first kappa shape index (κ1) is 13.3. The Balaban J connectivity index is 2.17. The Hall–Kier alpha value is -2.16. The highest BCUT2D eigenvalue weighted by Gasteiger charge is 2.22. The molecule has 1 heterocycles. The van der Waals surface area contributed by atoms with E-state index in [-0.39, 0.29) is 11.4 Å².